The van der Waals surface area contributed by atoms with Crippen LogP contribution < -0.4 is 10.1 Å². The monoisotopic (exact) mass is 279 g/mol. The summed E-state index contributed by atoms with van der Waals surface area (Å²) < 4.78 is 5.05. The van der Waals surface area contributed by atoms with Crippen molar-refractivity contribution in [3.05, 3.63) is 22.2 Å². The molecule has 0 aromatic carbocycles. The molecular weight excluding hydrogens is 258 g/mol. The summed E-state index contributed by atoms with van der Waals surface area (Å²) in [6.07, 6.45) is 3.33. The van der Waals surface area contributed by atoms with E-state index in [1.165, 1.54) is 19.2 Å². The lowest BCUT2D eigenvalue weighted by Crippen LogP contribution is -2.25. The van der Waals surface area contributed by atoms with Crippen LogP contribution in [-0.2, 0) is 0 Å². The predicted molar refractivity (Wildman–Crippen MR) is 77.0 cm³/mol. The molecule has 1 aromatic heterocycles. The number of pyridine rings is 1. The molecule has 1 heterocycles. The van der Waals surface area contributed by atoms with Crippen LogP contribution in [0.3, 0.4) is 0 Å². The zero-order valence-corrected chi connectivity index (χ0v) is 12.1. The molecule has 1 fully saturated rings. The van der Waals surface area contributed by atoms with Crippen LogP contribution >= 0.6 is 0 Å². The van der Waals surface area contributed by atoms with E-state index in [0.717, 1.165) is 19.3 Å². The molecule has 0 aliphatic heterocycles. The highest BCUT2D eigenvalue weighted by Crippen LogP contribution is 2.37. The van der Waals surface area contributed by atoms with Crippen molar-refractivity contribution in [1.82, 2.24) is 4.98 Å². The minimum atomic E-state index is -0.411. The maximum absolute atomic E-state index is 11.1. The van der Waals surface area contributed by atoms with Crippen molar-refractivity contribution in [2.75, 3.05) is 12.4 Å². The van der Waals surface area contributed by atoms with Crippen LogP contribution in [0, 0.1) is 22.0 Å². The van der Waals surface area contributed by atoms with Crippen LogP contribution in [0.15, 0.2) is 12.1 Å². The predicted octanol–water partition coefficient (Wildman–Crippen LogP) is 3.24. The first kappa shape index (κ1) is 14.6. The first-order valence-corrected chi connectivity index (χ1v) is 7.02. The van der Waals surface area contributed by atoms with Crippen LogP contribution in [0.1, 0.15) is 33.1 Å². The number of nitro groups is 1. The van der Waals surface area contributed by atoms with Gasteiger partial charge in [0.15, 0.2) is 0 Å². The second kappa shape index (κ2) is 6.07. The molecule has 1 aliphatic rings. The summed E-state index contributed by atoms with van der Waals surface area (Å²) in [5, 5.41) is 14.3. The number of aromatic nitrogens is 1. The molecule has 2 rings (SSSR count). The number of methoxy groups -OCH3 is 1. The summed E-state index contributed by atoms with van der Waals surface area (Å²) in [6.45, 7) is 4.39. The minimum absolute atomic E-state index is 0.00190. The highest BCUT2D eigenvalue weighted by Gasteiger charge is 2.33. The Morgan fingerprint density at radius 3 is 2.80 bits per heavy atom. The van der Waals surface area contributed by atoms with Crippen LogP contribution in [0.4, 0.5) is 11.5 Å². The van der Waals surface area contributed by atoms with Gasteiger partial charge in [0, 0.05) is 18.2 Å². The molecule has 1 aliphatic carbocycles. The molecule has 0 radical (unpaired) electrons. The van der Waals surface area contributed by atoms with E-state index < -0.39 is 4.92 Å². The van der Waals surface area contributed by atoms with E-state index in [0.29, 0.717) is 23.5 Å². The standard InChI is InChI=1S/C14H21N3O3/c1-4-10-5-6-11(9(10)2)15-14-12(17(18)19)7-8-13(16-14)20-3/h7-11H,4-6H2,1-3H3,(H,15,16). The van der Waals surface area contributed by atoms with Gasteiger partial charge in [-0.2, -0.15) is 4.98 Å². The van der Waals surface area contributed by atoms with E-state index in [1.54, 1.807) is 0 Å². The third-order valence-electron chi connectivity index (χ3n) is 4.33. The van der Waals surface area contributed by atoms with Gasteiger partial charge < -0.3 is 10.1 Å². The zero-order chi connectivity index (χ0) is 14.7. The summed E-state index contributed by atoms with van der Waals surface area (Å²) in [5.41, 5.74) is -0.00190. The number of anilines is 1. The Labute approximate surface area is 118 Å². The Morgan fingerprint density at radius 2 is 2.25 bits per heavy atom. The maximum atomic E-state index is 11.1. The lowest BCUT2D eigenvalue weighted by molar-refractivity contribution is -0.384. The number of ether oxygens (including phenoxy) is 1. The number of hydrogen-bond donors (Lipinski definition) is 1. The normalized spacial score (nSPS) is 25.4. The van der Waals surface area contributed by atoms with Gasteiger partial charge in [-0.15, -0.1) is 0 Å². The van der Waals surface area contributed by atoms with Gasteiger partial charge in [-0.05, 0) is 24.7 Å². The lowest BCUT2D eigenvalue weighted by Gasteiger charge is -2.21. The molecule has 110 valence electrons. The Morgan fingerprint density at radius 1 is 1.50 bits per heavy atom. The fourth-order valence-electron chi connectivity index (χ4n) is 3.00. The summed E-state index contributed by atoms with van der Waals surface area (Å²) in [4.78, 5) is 14.9. The summed E-state index contributed by atoms with van der Waals surface area (Å²) in [6, 6.07) is 3.18. The smallest absolute Gasteiger partial charge is 0.311 e. The minimum Gasteiger partial charge on any atom is -0.481 e. The van der Waals surface area contributed by atoms with Crippen LogP contribution in [0.25, 0.3) is 0 Å². The van der Waals surface area contributed by atoms with Gasteiger partial charge in [0.05, 0.1) is 12.0 Å². The third kappa shape index (κ3) is 2.84. The van der Waals surface area contributed by atoms with Crippen molar-refractivity contribution in [2.24, 2.45) is 11.8 Å². The van der Waals surface area contributed by atoms with E-state index in [4.69, 9.17) is 4.74 Å². The van der Waals surface area contributed by atoms with E-state index >= 15 is 0 Å². The van der Waals surface area contributed by atoms with Gasteiger partial charge in [-0.3, -0.25) is 10.1 Å². The molecule has 0 bridgehead atoms. The number of nitrogens with zero attached hydrogens (tertiary/aromatic N) is 2. The number of nitrogens with one attached hydrogen (secondary N) is 1. The molecular formula is C14H21N3O3. The molecule has 20 heavy (non-hydrogen) atoms. The second-order valence-electron chi connectivity index (χ2n) is 5.33. The SMILES string of the molecule is CCC1CCC(Nc2nc(OC)ccc2[N+](=O)[O-])C1C. The van der Waals surface area contributed by atoms with Crippen LogP contribution in [0.2, 0.25) is 0 Å². The van der Waals surface area contributed by atoms with Crippen molar-refractivity contribution < 1.29 is 9.66 Å². The van der Waals surface area contributed by atoms with E-state index in [-0.39, 0.29) is 11.7 Å². The van der Waals surface area contributed by atoms with Gasteiger partial charge in [0.2, 0.25) is 11.7 Å². The number of hydrogen-bond acceptors (Lipinski definition) is 5. The van der Waals surface area contributed by atoms with Gasteiger partial charge in [-0.1, -0.05) is 20.3 Å². The average Bonchev–Trinajstić information content (AvgIpc) is 2.79. The first-order chi connectivity index (χ1) is 9.56. The maximum Gasteiger partial charge on any atom is 0.311 e. The molecule has 1 N–H and O–H groups in total. The first-order valence-electron chi connectivity index (χ1n) is 7.02. The highest BCUT2D eigenvalue weighted by molar-refractivity contribution is 5.57. The molecule has 0 amide bonds. The van der Waals surface area contributed by atoms with Gasteiger partial charge in [-0.25, -0.2) is 0 Å². The highest BCUT2D eigenvalue weighted by atomic mass is 16.6. The fourth-order valence-corrected chi connectivity index (χ4v) is 3.00. The van der Waals surface area contributed by atoms with E-state index in [1.807, 2.05) is 0 Å². The molecule has 3 atom stereocenters. The van der Waals surface area contributed by atoms with Crippen molar-refractivity contribution in [3.63, 3.8) is 0 Å². The summed E-state index contributed by atoms with van der Waals surface area (Å²) in [5.74, 6) is 1.86. The number of rotatable bonds is 5. The van der Waals surface area contributed by atoms with Gasteiger partial charge in [0.1, 0.15) is 0 Å². The van der Waals surface area contributed by atoms with Crippen LogP contribution in [0.5, 0.6) is 5.88 Å². The van der Waals surface area contributed by atoms with Crippen molar-refractivity contribution in [2.45, 2.75) is 39.2 Å². The van der Waals surface area contributed by atoms with Crippen molar-refractivity contribution >= 4 is 11.5 Å². The van der Waals surface area contributed by atoms with Crippen LogP contribution in [-0.4, -0.2) is 23.1 Å². The topological polar surface area (TPSA) is 77.3 Å². The lowest BCUT2D eigenvalue weighted by atomic mass is 9.93. The molecule has 0 saturated heterocycles. The summed E-state index contributed by atoms with van der Waals surface area (Å²) in [7, 11) is 1.50. The van der Waals surface area contributed by atoms with E-state index in [2.05, 4.69) is 24.1 Å². The molecule has 3 unspecified atom stereocenters. The summed E-state index contributed by atoms with van der Waals surface area (Å²) >= 11 is 0. The van der Waals surface area contributed by atoms with Crippen molar-refractivity contribution in [3.8, 4) is 5.88 Å². The average molecular weight is 279 g/mol. The molecule has 6 nitrogen and oxygen atoms in total. The fraction of sp³-hybridized carbons (Fsp3) is 0.643. The largest absolute Gasteiger partial charge is 0.481 e. The Kier molecular flexibility index (Phi) is 4.42. The Hall–Kier alpha value is -1.85. The molecule has 1 saturated carbocycles. The van der Waals surface area contributed by atoms with Gasteiger partial charge in [0.25, 0.3) is 0 Å². The zero-order valence-electron chi connectivity index (χ0n) is 12.1. The second-order valence-corrected chi connectivity index (χ2v) is 5.33. The Balaban J connectivity index is 2.21. The quantitative estimate of drug-likeness (QED) is 0.661. The third-order valence-corrected chi connectivity index (χ3v) is 4.33. The van der Waals surface area contributed by atoms with E-state index in [9.17, 15) is 10.1 Å². The van der Waals surface area contributed by atoms with Crippen molar-refractivity contribution in [1.29, 1.82) is 0 Å². The van der Waals surface area contributed by atoms with Gasteiger partial charge >= 0.3 is 5.69 Å². The Bertz CT molecular complexity index is 493. The molecule has 0 spiro atoms. The molecule has 6 heteroatoms. The molecule has 1 aromatic rings.